The minimum atomic E-state index is 0.586. The van der Waals surface area contributed by atoms with Gasteiger partial charge in [-0.3, -0.25) is 0 Å². The zero-order valence-electron chi connectivity index (χ0n) is 12.6. The predicted octanol–water partition coefficient (Wildman–Crippen LogP) is 5.54. The summed E-state index contributed by atoms with van der Waals surface area (Å²) in [5, 5.41) is 4.11. The van der Waals surface area contributed by atoms with Crippen LogP contribution >= 0.6 is 0 Å². The van der Waals surface area contributed by atoms with E-state index in [1.807, 2.05) is 6.92 Å². The van der Waals surface area contributed by atoms with Gasteiger partial charge in [0.1, 0.15) is 5.76 Å². The van der Waals surface area contributed by atoms with Crippen molar-refractivity contribution in [1.29, 1.82) is 0 Å². The van der Waals surface area contributed by atoms with Gasteiger partial charge in [-0.2, -0.15) is 0 Å². The number of unbranched alkanes of at least 4 members (excludes halogenated alkanes) is 4. The topological polar surface area (TPSA) is 26.0 Å². The standard InChI is InChI=1S/C16H29NO/c1-5-7-9-10-12-15(11-8-6-2)16-13(3)14(4)17-18-16/h15H,5-12H2,1-4H3. The number of aryl methyl sites for hydroxylation is 1. The first-order chi connectivity index (χ1) is 8.70. The summed E-state index contributed by atoms with van der Waals surface area (Å²) in [7, 11) is 0. The molecular weight excluding hydrogens is 222 g/mol. The predicted molar refractivity (Wildman–Crippen MR) is 77.0 cm³/mol. The van der Waals surface area contributed by atoms with Gasteiger partial charge in [0.15, 0.2) is 0 Å². The van der Waals surface area contributed by atoms with E-state index >= 15 is 0 Å². The molecule has 0 radical (unpaired) electrons. The highest BCUT2D eigenvalue weighted by Gasteiger charge is 2.19. The number of hydrogen-bond acceptors (Lipinski definition) is 2. The first-order valence-electron chi connectivity index (χ1n) is 7.63. The van der Waals surface area contributed by atoms with Crippen LogP contribution in [0.4, 0.5) is 0 Å². The molecule has 1 aromatic rings. The molecule has 1 heterocycles. The molecule has 0 saturated heterocycles. The van der Waals surface area contributed by atoms with Gasteiger partial charge in [0.25, 0.3) is 0 Å². The van der Waals surface area contributed by atoms with Gasteiger partial charge in [-0.05, 0) is 26.7 Å². The summed E-state index contributed by atoms with van der Waals surface area (Å²) in [5.41, 5.74) is 2.33. The molecule has 104 valence electrons. The smallest absolute Gasteiger partial charge is 0.142 e. The van der Waals surface area contributed by atoms with Gasteiger partial charge in [-0.15, -0.1) is 0 Å². The van der Waals surface area contributed by atoms with E-state index in [1.165, 1.54) is 56.9 Å². The molecule has 0 saturated carbocycles. The van der Waals surface area contributed by atoms with E-state index in [-0.39, 0.29) is 0 Å². The maximum atomic E-state index is 5.56. The summed E-state index contributed by atoms with van der Waals surface area (Å²) in [6, 6.07) is 0. The fourth-order valence-corrected chi connectivity index (χ4v) is 2.49. The Hall–Kier alpha value is -0.790. The van der Waals surface area contributed by atoms with Crippen LogP contribution in [-0.4, -0.2) is 5.16 Å². The lowest BCUT2D eigenvalue weighted by molar-refractivity contribution is 0.335. The summed E-state index contributed by atoms with van der Waals surface area (Å²) >= 11 is 0. The van der Waals surface area contributed by atoms with Gasteiger partial charge >= 0.3 is 0 Å². The molecule has 1 atom stereocenters. The van der Waals surface area contributed by atoms with E-state index in [0.29, 0.717) is 5.92 Å². The Morgan fingerprint density at radius 1 is 0.944 bits per heavy atom. The Bertz CT molecular complexity index is 330. The second-order valence-corrected chi connectivity index (χ2v) is 5.45. The quantitative estimate of drug-likeness (QED) is 0.539. The second-order valence-electron chi connectivity index (χ2n) is 5.45. The molecule has 2 heteroatoms. The maximum Gasteiger partial charge on any atom is 0.142 e. The van der Waals surface area contributed by atoms with Gasteiger partial charge in [-0.25, -0.2) is 0 Å². The first kappa shape index (κ1) is 15.3. The van der Waals surface area contributed by atoms with Crippen molar-refractivity contribution in [3.05, 3.63) is 17.0 Å². The third kappa shape index (κ3) is 4.47. The van der Waals surface area contributed by atoms with Crippen LogP contribution in [0.2, 0.25) is 0 Å². The molecule has 0 aliphatic carbocycles. The molecule has 0 aliphatic rings. The molecule has 1 unspecified atom stereocenters. The minimum absolute atomic E-state index is 0.586. The van der Waals surface area contributed by atoms with E-state index in [4.69, 9.17) is 4.52 Å². The average Bonchev–Trinajstić information content (AvgIpc) is 2.70. The van der Waals surface area contributed by atoms with Gasteiger partial charge in [0, 0.05) is 11.5 Å². The van der Waals surface area contributed by atoms with Crippen LogP contribution in [0, 0.1) is 13.8 Å². The molecule has 0 aliphatic heterocycles. The normalized spacial score (nSPS) is 12.9. The Labute approximate surface area is 112 Å². The van der Waals surface area contributed by atoms with E-state index in [0.717, 1.165) is 11.5 Å². The lowest BCUT2D eigenvalue weighted by Crippen LogP contribution is -2.00. The van der Waals surface area contributed by atoms with Gasteiger partial charge in [-0.1, -0.05) is 57.5 Å². The Morgan fingerprint density at radius 3 is 2.17 bits per heavy atom. The monoisotopic (exact) mass is 251 g/mol. The summed E-state index contributed by atoms with van der Waals surface area (Å²) < 4.78 is 5.56. The molecule has 1 rings (SSSR count). The lowest BCUT2D eigenvalue weighted by Gasteiger charge is -2.14. The average molecular weight is 251 g/mol. The van der Waals surface area contributed by atoms with E-state index in [1.54, 1.807) is 0 Å². The minimum Gasteiger partial charge on any atom is -0.361 e. The maximum absolute atomic E-state index is 5.56. The van der Waals surface area contributed by atoms with E-state index in [9.17, 15) is 0 Å². The Kier molecular flexibility index (Phi) is 7.07. The van der Waals surface area contributed by atoms with Crippen LogP contribution < -0.4 is 0 Å². The van der Waals surface area contributed by atoms with Gasteiger partial charge < -0.3 is 4.52 Å². The molecule has 1 aromatic heterocycles. The fraction of sp³-hybridized carbons (Fsp3) is 0.812. The van der Waals surface area contributed by atoms with Crippen molar-refractivity contribution in [1.82, 2.24) is 5.16 Å². The van der Waals surface area contributed by atoms with Crippen LogP contribution in [0.3, 0.4) is 0 Å². The van der Waals surface area contributed by atoms with Crippen molar-refractivity contribution >= 4 is 0 Å². The SMILES string of the molecule is CCCCCCC(CCCC)c1onc(C)c1C. The second kappa shape index (κ2) is 8.34. The Morgan fingerprint density at radius 2 is 1.61 bits per heavy atom. The molecule has 18 heavy (non-hydrogen) atoms. The fourth-order valence-electron chi connectivity index (χ4n) is 2.49. The highest BCUT2D eigenvalue weighted by molar-refractivity contribution is 5.22. The summed E-state index contributed by atoms with van der Waals surface area (Å²) in [5.74, 6) is 1.74. The summed E-state index contributed by atoms with van der Waals surface area (Å²) in [6.45, 7) is 8.70. The van der Waals surface area contributed by atoms with Crippen LogP contribution in [0.5, 0.6) is 0 Å². The summed E-state index contributed by atoms with van der Waals surface area (Å²) in [6.07, 6.45) is 10.4. The highest BCUT2D eigenvalue weighted by Crippen LogP contribution is 2.31. The number of aromatic nitrogens is 1. The number of nitrogens with zero attached hydrogens (tertiary/aromatic N) is 1. The van der Waals surface area contributed by atoms with Crippen molar-refractivity contribution in [2.75, 3.05) is 0 Å². The first-order valence-corrected chi connectivity index (χ1v) is 7.63. The van der Waals surface area contributed by atoms with Crippen molar-refractivity contribution in [2.45, 2.75) is 85.0 Å². The van der Waals surface area contributed by atoms with E-state index < -0.39 is 0 Å². The highest BCUT2D eigenvalue weighted by atomic mass is 16.5. The third-order valence-electron chi connectivity index (χ3n) is 3.88. The molecule has 0 amide bonds. The van der Waals surface area contributed by atoms with Gasteiger partial charge in [0.05, 0.1) is 5.69 Å². The third-order valence-corrected chi connectivity index (χ3v) is 3.88. The van der Waals surface area contributed by atoms with Gasteiger partial charge in [0.2, 0.25) is 0 Å². The van der Waals surface area contributed by atoms with Crippen LogP contribution in [0.25, 0.3) is 0 Å². The molecule has 0 fully saturated rings. The number of hydrogen-bond donors (Lipinski definition) is 0. The largest absolute Gasteiger partial charge is 0.361 e. The molecule has 2 nitrogen and oxygen atoms in total. The van der Waals surface area contributed by atoms with Crippen molar-refractivity contribution < 1.29 is 4.52 Å². The zero-order chi connectivity index (χ0) is 13.4. The van der Waals surface area contributed by atoms with Crippen molar-refractivity contribution in [3.63, 3.8) is 0 Å². The van der Waals surface area contributed by atoms with Crippen LogP contribution in [0.15, 0.2) is 4.52 Å². The number of rotatable bonds is 9. The molecule has 0 bridgehead atoms. The van der Waals surface area contributed by atoms with Crippen molar-refractivity contribution in [2.24, 2.45) is 0 Å². The van der Waals surface area contributed by atoms with Crippen LogP contribution in [-0.2, 0) is 0 Å². The molecule has 0 N–H and O–H groups in total. The van der Waals surface area contributed by atoms with Crippen LogP contribution in [0.1, 0.15) is 88.1 Å². The molecular formula is C16H29NO. The van der Waals surface area contributed by atoms with E-state index in [2.05, 4.69) is 25.9 Å². The lowest BCUT2D eigenvalue weighted by atomic mass is 9.91. The van der Waals surface area contributed by atoms with Crippen molar-refractivity contribution in [3.8, 4) is 0 Å². The molecule has 0 aromatic carbocycles. The molecule has 0 spiro atoms. The summed E-state index contributed by atoms with van der Waals surface area (Å²) in [4.78, 5) is 0. The zero-order valence-corrected chi connectivity index (χ0v) is 12.6. The Balaban J connectivity index is 2.57.